The Balaban J connectivity index is 2.23. The molecular formula is C19H25ClO6. The maximum absolute atomic E-state index is 10.2. The summed E-state index contributed by atoms with van der Waals surface area (Å²) >= 11 is 6.21. The number of phenolic OH excluding ortho intramolecular Hbond substituents is 1. The molecule has 0 spiro atoms. The van der Waals surface area contributed by atoms with Crippen molar-refractivity contribution in [1.29, 1.82) is 0 Å². The fraction of sp³-hybridized carbons (Fsp3) is 0.474. The van der Waals surface area contributed by atoms with E-state index >= 15 is 0 Å². The molecule has 1 aromatic carbocycles. The van der Waals surface area contributed by atoms with Crippen LogP contribution in [-0.4, -0.2) is 62.7 Å². The minimum atomic E-state index is -1.42. The van der Waals surface area contributed by atoms with Crippen molar-refractivity contribution in [2.45, 2.75) is 50.8 Å². The highest BCUT2D eigenvalue weighted by Crippen LogP contribution is 2.28. The van der Waals surface area contributed by atoms with Crippen LogP contribution in [0.1, 0.15) is 19.4 Å². The van der Waals surface area contributed by atoms with E-state index in [1.54, 1.807) is 44.2 Å². The topological polar surface area (TPSA) is 110 Å². The minimum absolute atomic E-state index is 0.176. The third-order valence-corrected chi connectivity index (χ3v) is 4.76. The smallest absolute Gasteiger partial charge is 0.115 e. The number of aliphatic hydroxyl groups is 4. The van der Waals surface area contributed by atoms with Gasteiger partial charge in [-0.25, -0.2) is 0 Å². The van der Waals surface area contributed by atoms with Crippen LogP contribution in [0.25, 0.3) is 0 Å². The third kappa shape index (κ3) is 4.85. The summed E-state index contributed by atoms with van der Waals surface area (Å²) in [4.78, 5) is 0. The molecule has 1 aliphatic heterocycles. The van der Waals surface area contributed by atoms with E-state index in [0.29, 0.717) is 17.0 Å². The molecule has 26 heavy (non-hydrogen) atoms. The number of rotatable bonds is 5. The van der Waals surface area contributed by atoms with E-state index in [1.807, 2.05) is 0 Å². The molecule has 6 nitrogen and oxygen atoms in total. The first-order chi connectivity index (χ1) is 12.2. The first kappa shape index (κ1) is 20.9. The Bertz CT molecular complexity index is 663. The van der Waals surface area contributed by atoms with E-state index in [4.69, 9.17) is 16.3 Å². The lowest BCUT2D eigenvalue weighted by Gasteiger charge is -2.40. The van der Waals surface area contributed by atoms with Gasteiger partial charge in [0.2, 0.25) is 0 Å². The summed E-state index contributed by atoms with van der Waals surface area (Å²) in [6.07, 6.45) is -3.70. The molecule has 2 rings (SSSR count). The number of hydrogen-bond donors (Lipinski definition) is 5. The Labute approximate surface area is 157 Å². The van der Waals surface area contributed by atoms with Gasteiger partial charge in [-0.1, -0.05) is 29.8 Å². The summed E-state index contributed by atoms with van der Waals surface area (Å²) in [5.41, 5.74) is 2.33. The molecule has 1 aliphatic rings. The van der Waals surface area contributed by atoms with Crippen molar-refractivity contribution in [3.05, 3.63) is 52.1 Å². The maximum atomic E-state index is 10.2. The van der Waals surface area contributed by atoms with Crippen molar-refractivity contribution < 1.29 is 30.3 Å². The number of allylic oxidation sites excluding steroid dienone is 3. The first-order valence-corrected chi connectivity index (χ1v) is 8.74. The Hall–Kier alpha value is -1.41. The second-order valence-corrected chi connectivity index (χ2v) is 7.11. The lowest BCUT2D eigenvalue weighted by atomic mass is 9.90. The van der Waals surface area contributed by atoms with E-state index < -0.39 is 37.1 Å². The average molecular weight is 385 g/mol. The van der Waals surface area contributed by atoms with Crippen LogP contribution in [0.3, 0.4) is 0 Å². The molecule has 1 aromatic rings. The highest BCUT2D eigenvalue weighted by Gasteiger charge is 2.43. The standard InChI is InChI=1S/C19H25ClO6/c1-10(19-18(25)17(24)16(23)15(9-21)26-19)7-13(11(2)20)8-12-3-5-14(22)6-4-12/h3-7,15-19,21-25H,8-9H2,1-2H3/b10-7+,13-11-/t15-,16-,17+,18-,19+/m1/s1. The van der Waals surface area contributed by atoms with Gasteiger partial charge in [0.1, 0.15) is 36.3 Å². The predicted molar refractivity (Wildman–Crippen MR) is 97.9 cm³/mol. The molecule has 0 aromatic heterocycles. The molecule has 0 unspecified atom stereocenters. The molecule has 7 heteroatoms. The van der Waals surface area contributed by atoms with Gasteiger partial charge in [0.15, 0.2) is 0 Å². The zero-order valence-electron chi connectivity index (χ0n) is 14.7. The maximum Gasteiger partial charge on any atom is 0.115 e. The number of phenols is 1. The largest absolute Gasteiger partial charge is 0.508 e. The highest BCUT2D eigenvalue weighted by atomic mass is 35.5. The Morgan fingerprint density at radius 3 is 2.23 bits per heavy atom. The van der Waals surface area contributed by atoms with Crippen LogP contribution in [0.15, 0.2) is 46.5 Å². The highest BCUT2D eigenvalue weighted by molar-refractivity contribution is 6.29. The second-order valence-electron chi connectivity index (χ2n) is 6.54. The Morgan fingerprint density at radius 2 is 1.69 bits per heavy atom. The van der Waals surface area contributed by atoms with E-state index in [-0.39, 0.29) is 5.75 Å². The monoisotopic (exact) mass is 384 g/mol. The predicted octanol–water partition coefficient (Wildman–Crippen LogP) is 1.24. The van der Waals surface area contributed by atoms with Gasteiger partial charge < -0.3 is 30.3 Å². The van der Waals surface area contributed by atoms with Crippen molar-refractivity contribution in [1.82, 2.24) is 0 Å². The van der Waals surface area contributed by atoms with Gasteiger partial charge in [-0.05, 0) is 49.1 Å². The van der Waals surface area contributed by atoms with Crippen molar-refractivity contribution in [2.24, 2.45) is 0 Å². The molecule has 1 heterocycles. The van der Waals surface area contributed by atoms with Crippen molar-refractivity contribution in [3.63, 3.8) is 0 Å². The number of aliphatic hydroxyl groups excluding tert-OH is 4. The van der Waals surface area contributed by atoms with Gasteiger partial charge in [0.05, 0.1) is 6.61 Å². The lowest BCUT2D eigenvalue weighted by molar-refractivity contribution is -0.219. The van der Waals surface area contributed by atoms with Crippen LogP contribution < -0.4 is 0 Å². The molecule has 5 N–H and O–H groups in total. The molecule has 0 aliphatic carbocycles. The fourth-order valence-electron chi connectivity index (χ4n) is 2.94. The molecule has 0 amide bonds. The normalized spacial score (nSPS) is 30.9. The van der Waals surface area contributed by atoms with Crippen LogP contribution in [-0.2, 0) is 11.2 Å². The summed E-state index contributed by atoms with van der Waals surface area (Å²) in [7, 11) is 0. The molecule has 5 atom stereocenters. The zero-order valence-corrected chi connectivity index (χ0v) is 15.5. The van der Waals surface area contributed by atoms with Gasteiger partial charge in [-0.15, -0.1) is 0 Å². The van der Waals surface area contributed by atoms with Gasteiger partial charge >= 0.3 is 0 Å². The van der Waals surface area contributed by atoms with Crippen LogP contribution in [0.2, 0.25) is 0 Å². The van der Waals surface area contributed by atoms with E-state index in [2.05, 4.69) is 0 Å². The van der Waals surface area contributed by atoms with E-state index in [9.17, 15) is 25.5 Å². The minimum Gasteiger partial charge on any atom is -0.508 e. The van der Waals surface area contributed by atoms with Crippen LogP contribution in [0.4, 0.5) is 0 Å². The van der Waals surface area contributed by atoms with Crippen molar-refractivity contribution in [2.75, 3.05) is 6.61 Å². The summed E-state index contributed by atoms with van der Waals surface area (Å²) < 4.78 is 5.56. The Kier molecular flexibility index (Phi) is 7.23. The fourth-order valence-corrected chi connectivity index (χ4v) is 3.06. The Morgan fingerprint density at radius 1 is 1.08 bits per heavy atom. The van der Waals surface area contributed by atoms with Gasteiger partial charge in [0.25, 0.3) is 0 Å². The molecule has 0 saturated carbocycles. The number of hydrogen-bond acceptors (Lipinski definition) is 6. The SMILES string of the molecule is C/C(=C\C(Cc1ccc(O)cc1)=C(/C)Cl)[C@@H]1O[C@H](CO)[C@@H](O)[C@H](O)[C@H]1O. The van der Waals surface area contributed by atoms with Gasteiger partial charge in [-0.3, -0.25) is 0 Å². The summed E-state index contributed by atoms with van der Waals surface area (Å²) in [5, 5.41) is 49.3. The molecule has 0 radical (unpaired) electrons. The van der Waals surface area contributed by atoms with Crippen LogP contribution in [0.5, 0.6) is 5.75 Å². The summed E-state index contributed by atoms with van der Waals surface area (Å²) in [6.45, 7) is 3.00. The zero-order chi connectivity index (χ0) is 19.4. The second kappa shape index (κ2) is 8.99. The lowest BCUT2D eigenvalue weighted by Crippen LogP contribution is -2.58. The number of aromatic hydroxyl groups is 1. The molecule has 1 saturated heterocycles. The summed E-state index contributed by atoms with van der Waals surface area (Å²) in [5.74, 6) is 0.176. The molecule has 144 valence electrons. The molecular weight excluding hydrogens is 360 g/mol. The first-order valence-electron chi connectivity index (χ1n) is 8.36. The van der Waals surface area contributed by atoms with Gasteiger partial charge in [0, 0.05) is 5.03 Å². The van der Waals surface area contributed by atoms with Crippen LogP contribution >= 0.6 is 11.6 Å². The van der Waals surface area contributed by atoms with E-state index in [1.165, 1.54) is 0 Å². The number of halogens is 1. The molecule has 1 fully saturated rings. The molecule has 0 bridgehead atoms. The van der Waals surface area contributed by atoms with Gasteiger partial charge in [-0.2, -0.15) is 0 Å². The van der Waals surface area contributed by atoms with Crippen molar-refractivity contribution in [3.8, 4) is 5.75 Å². The number of ether oxygens (including phenoxy) is 1. The quantitative estimate of drug-likeness (QED) is 0.488. The van der Waals surface area contributed by atoms with Crippen LogP contribution in [0, 0.1) is 0 Å². The van der Waals surface area contributed by atoms with Crippen molar-refractivity contribution >= 4 is 11.6 Å². The third-order valence-electron chi connectivity index (χ3n) is 4.52. The number of benzene rings is 1. The summed E-state index contributed by atoms with van der Waals surface area (Å²) in [6, 6.07) is 6.74. The van der Waals surface area contributed by atoms with E-state index in [0.717, 1.165) is 11.1 Å². The average Bonchev–Trinajstić information content (AvgIpc) is 2.61.